The van der Waals surface area contributed by atoms with Crippen LogP contribution in [0.2, 0.25) is 0 Å². The largest absolute Gasteiger partial charge is 0.458 e. The van der Waals surface area contributed by atoms with Crippen molar-refractivity contribution in [3.63, 3.8) is 0 Å². The molecule has 3 amide bonds. The van der Waals surface area contributed by atoms with Gasteiger partial charge in [0.05, 0.1) is 6.42 Å². The first-order valence-electron chi connectivity index (χ1n) is 10.8. The second kappa shape index (κ2) is 11.3. The van der Waals surface area contributed by atoms with Crippen LogP contribution in [0.1, 0.15) is 46.6 Å². The number of benzene rings is 2. The van der Waals surface area contributed by atoms with Gasteiger partial charge in [-0.25, -0.2) is 9.59 Å². The average molecular weight is 440 g/mol. The molecule has 0 bridgehead atoms. The molecule has 0 fully saturated rings. The Bertz CT molecular complexity index is 903. The van der Waals surface area contributed by atoms with Gasteiger partial charge in [0.15, 0.2) is 0 Å². The van der Waals surface area contributed by atoms with E-state index in [4.69, 9.17) is 4.74 Å². The van der Waals surface area contributed by atoms with Crippen molar-refractivity contribution in [2.45, 2.75) is 59.1 Å². The maximum Gasteiger partial charge on any atom is 0.329 e. The minimum Gasteiger partial charge on any atom is -0.458 e. The van der Waals surface area contributed by atoms with E-state index >= 15 is 0 Å². The van der Waals surface area contributed by atoms with Crippen molar-refractivity contribution in [3.8, 4) is 0 Å². The molecule has 7 heteroatoms. The van der Waals surface area contributed by atoms with Gasteiger partial charge in [-0.3, -0.25) is 4.79 Å². The maximum atomic E-state index is 12.5. The van der Waals surface area contributed by atoms with Gasteiger partial charge in [0.1, 0.15) is 11.6 Å². The zero-order chi connectivity index (χ0) is 23.7. The molecule has 0 aliphatic carbocycles. The van der Waals surface area contributed by atoms with E-state index in [1.54, 1.807) is 57.2 Å². The van der Waals surface area contributed by atoms with Crippen molar-refractivity contribution in [3.05, 3.63) is 60.2 Å². The van der Waals surface area contributed by atoms with Crippen molar-refractivity contribution in [1.29, 1.82) is 0 Å². The number of rotatable bonds is 8. The van der Waals surface area contributed by atoms with Crippen LogP contribution in [-0.4, -0.2) is 29.6 Å². The molecule has 0 spiro atoms. The monoisotopic (exact) mass is 439 g/mol. The van der Waals surface area contributed by atoms with Crippen LogP contribution in [0.25, 0.3) is 0 Å². The van der Waals surface area contributed by atoms with Crippen LogP contribution in [0.3, 0.4) is 0 Å². The Hall–Kier alpha value is -3.35. The molecule has 0 radical (unpaired) electrons. The molecule has 172 valence electrons. The van der Waals surface area contributed by atoms with Gasteiger partial charge in [0.2, 0.25) is 5.91 Å². The van der Waals surface area contributed by atoms with E-state index in [-0.39, 0.29) is 24.3 Å². The summed E-state index contributed by atoms with van der Waals surface area (Å²) in [6, 6.07) is 15.1. The van der Waals surface area contributed by atoms with Crippen LogP contribution in [0.15, 0.2) is 54.6 Å². The predicted octanol–water partition coefficient (Wildman–Crippen LogP) is 4.75. The third kappa shape index (κ3) is 9.20. The fourth-order valence-corrected chi connectivity index (χ4v) is 3.01. The Morgan fingerprint density at radius 2 is 1.44 bits per heavy atom. The summed E-state index contributed by atoms with van der Waals surface area (Å²) < 4.78 is 5.45. The summed E-state index contributed by atoms with van der Waals surface area (Å²) in [5.74, 6) is -0.465. The highest BCUT2D eigenvalue weighted by molar-refractivity contribution is 5.99. The minimum atomic E-state index is -0.690. The molecule has 7 nitrogen and oxygen atoms in total. The number of para-hydroxylation sites is 1. The fourth-order valence-electron chi connectivity index (χ4n) is 3.01. The lowest BCUT2D eigenvalue weighted by atomic mass is 10.0. The number of urea groups is 1. The lowest BCUT2D eigenvalue weighted by Gasteiger charge is -2.25. The molecule has 0 aromatic heterocycles. The Balaban J connectivity index is 1.91. The number of esters is 1. The fraction of sp³-hybridized carbons (Fsp3) is 0.400. The molecular weight excluding hydrogens is 406 g/mol. The van der Waals surface area contributed by atoms with E-state index in [2.05, 4.69) is 16.0 Å². The third-order valence-corrected chi connectivity index (χ3v) is 4.34. The van der Waals surface area contributed by atoms with Crippen LogP contribution in [0, 0.1) is 5.92 Å². The molecule has 0 heterocycles. The third-order valence-electron chi connectivity index (χ3n) is 4.34. The van der Waals surface area contributed by atoms with E-state index in [0.29, 0.717) is 17.8 Å². The molecule has 2 aromatic rings. The maximum absolute atomic E-state index is 12.5. The van der Waals surface area contributed by atoms with Crippen LogP contribution in [0.5, 0.6) is 0 Å². The number of carbonyl (C=O) groups is 3. The number of ether oxygens (including phenoxy) is 1. The lowest BCUT2D eigenvalue weighted by molar-refractivity contribution is -0.159. The summed E-state index contributed by atoms with van der Waals surface area (Å²) in [4.78, 5) is 37.1. The van der Waals surface area contributed by atoms with Gasteiger partial charge in [-0.15, -0.1) is 0 Å². The normalized spacial score (nSPS) is 12.1. The number of hydrogen-bond acceptors (Lipinski definition) is 4. The zero-order valence-corrected chi connectivity index (χ0v) is 19.4. The van der Waals surface area contributed by atoms with Crippen LogP contribution in [-0.2, 0) is 20.7 Å². The molecule has 2 rings (SSSR count). The molecule has 0 saturated heterocycles. The highest BCUT2D eigenvalue weighted by atomic mass is 16.6. The molecule has 3 N–H and O–H groups in total. The molecule has 1 unspecified atom stereocenters. The lowest BCUT2D eigenvalue weighted by Crippen LogP contribution is -2.45. The second-order valence-electron chi connectivity index (χ2n) is 9.10. The molecule has 0 saturated carbocycles. The standard InChI is InChI=1S/C25H33N3O4/c1-17(2)15-21(23(30)32-25(3,4)5)28-22(29)16-18-11-13-20(14-12-18)27-24(31)26-19-9-7-6-8-10-19/h6-14,17,21H,15-16H2,1-5H3,(H,28,29)(H2,26,27,31). The Morgan fingerprint density at radius 1 is 0.875 bits per heavy atom. The van der Waals surface area contributed by atoms with Crippen molar-refractivity contribution in [1.82, 2.24) is 5.32 Å². The first kappa shape index (κ1) is 24.9. The van der Waals surface area contributed by atoms with Crippen molar-refractivity contribution >= 4 is 29.3 Å². The molecule has 2 aromatic carbocycles. The summed E-state index contributed by atoms with van der Waals surface area (Å²) in [6.07, 6.45) is 0.619. The number of carbonyl (C=O) groups excluding carboxylic acids is 3. The highest BCUT2D eigenvalue weighted by Crippen LogP contribution is 2.15. The summed E-state index contributed by atoms with van der Waals surface area (Å²) in [7, 11) is 0. The summed E-state index contributed by atoms with van der Waals surface area (Å²) in [5.41, 5.74) is 1.45. The topological polar surface area (TPSA) is 96.5 Å². The predicted molar refractivity (Wildman–Crippen MR) is 126 cm³/mol. The van der Waals surface area contributed by atoms with E-state index in [9.17, 15) is 14.4 Å². The quantitative estimate of drug-likeness (QED) is 0.517. The highest BCUT2D eigenvalue weighted by Gasteiger charge is 2.27. The van der Waals surface area contributed by atoms with Crippen molar-refractivity contribution in [2.24, 2.45) is 5.92 Å². The number of nitrogens with one attached hydrogen (secondary N) is 3. The zero-order valence-electron chi connectivity index (χ0n) is 19.4. The molecular formula is C25H33N3O4. The Labute approximate surface area is 189 Å². The van der Waals surface area contributed by atoms with E-state index in [0.717, 1.165) is 5.56 Å². The van der Waals surface area contributed by atoms with Gasteiger partial charge in [0, 0.05) is 11.4 Å². The molecule has 32 heavy (non-hydrogen) atoms. The van der Waals surface area contributed by atoms with Gasteiger partial charge >= 0.3 is 12.0 Å². The number of hydrogen-bond donors (Lipinski definition) is 3. The van der Waals surface area contributed by atoms with Gasteiger partial charge in [0.25, 0.3) is 0 Å². The Morgan fingerprint density at radius 3 is 1.97 bits per heavy atom. The molecule has 0 aliphatic heterocycles. The van der Waals surface area contributed by atoms with Gasteiger partial charge < -0.3 is 20.7 Å². The summed E-state index contributed by atoms with van der Waals surface area (Å²) in [6.45, 7) is 9.38. The number of amides is 3. The first-order chi connectivity index (χ1) is 15.0. The van der Waals surface area contributed by atoms with Gasteiger partial charge in [-0.1, -0.05) is 44.2 Å². The van der Waals surface area contributed by atoms with Crippen LogP contribution < -0.4 is 16.0 Å². The van der Waals surface area contributed by atoms with Crippen molar-refractivity contribution in [2.75, 3.05) is 10.6 Å². The molecule has 1 atom stereocenters. The van der Waals surface area contributed by atoms with Gasteiger partial charge in [-0.2, -0.15) is 0 Å². The Kier molecular flexibility index (Phi) is 8.81. The SMILES string of the molecule is CC(C)CC(NC(=O)Cc1ccc(NC(=O)Nc2ccccc2)cc1)C(=O)OC(C)(C)C. The second-order valence-corrected chi connectivity index (χ2v) is 9.10. The van der Waals surface area contributed by atoms with Crippen LogP contribution in [0.4, 0.5) is 16.2 Å². The minimum absolute atomic E-state index is 0.119. The summed E-state index contributed by atoms with van der Waals surface area (Å²) in [5, 5.41) is 8.29. The first-order valence-corrected chi connectivity index (χ1v) is 10.8. The number of anilines is 2. The molecule has 0 aliphatic rings. The van der Waals surface area contributed by atoms with E-state index in [1.807, 2.05) is 32.0 Å². The van der Waals surface area contributed by atoms with E-state index in [1.165, 1.54) is 0 Å². The smallest absolute Gasteiger partial charge is 0.329 e. The van der Waals surface area contributed by atoms with Crippen molar-refractivity contribution < 1.29 is 19.1 Å². The van der Waals surface area contributed by atoms with Gasteiger partial charge in [-0.05, 0) is 62.9 Å². The van der Waals surface area contributed by atoms with E-state index < -0.39 is 17.6 Å². The summed E-state index contributed by atoms with van der Waals surface area (Å²) >= 11 is 0. The average Bonchev–Trinajstić information content (AvgIpc) is 2.68. The van der Waals surface area contributed by atoms with Crippen LogP contribution >= 0.6 is 0 Å².